The Morgan fingerprint density at radius 2 is 0.942 bits per heavy atom. The summed E-state index contributed by atoms with van der Waals surface area (Å²) in [6, 6.07) is 23.6. The molecule has 0 radical (unpaired) electrons. The van der Waals surface area contributed by atoms with Gasteiger partial charge in [0, 0.05) is 41.1 Å². The van der Waals surface area contributed by atoms with E-state index in [1.165, 1.54) is 31.4 Å². The monoisotopic (exact) mass is 998 g/mol. The van der Waals surface area contributed by atoms with Crippen molar-refractivity contribution < 1.29 is 56.7 Å². The van der Waals surface area contributed by atoms with Crippen molar-refractivity contribution in [2.75, 3.05) is 33.5 Å². The molecule has 10 nitrogen and oxygen atoms in total. The van der Waals surface area contributed by atoms with E-state index in [4.69, 9.17) is 46.9 Å². The smallest absolute Gasteiger partial charge is 0.314 e. The normalized spacial score (nSPS) is 14.2. The molecule has 0 aliphatic rings. The Bertz CT molecular complexity index is 2310. The number of halogens is 4. The highest BCUT2D eigenvalue weighted by Crippen LogP contribution is 2.35. The standard InChI is InChI=1S/C28H36ClFO5.C27H34ClFO5/c1-7-34-26(32)28(5,18-33-6)17-20(15-25(31)35-27(2,3)4)14-19-8-10-21(11-9-19)23-16-22(29)12-13-24(23)30;1-6-33-25(32)27(5,17-30)16-19(14-24(31)34-26(2,3)4)13-18-7-9-20(10-8-18)22-15-21(28)11-12-23(22)29/h8-13,16,20H,7,14-15,17-18H2,1-6H3;7-12,15,19,30H,6,13-14,16-17H2,1-5H3/t20-,28-;19-,27-/m00/s1. The van der Waals surface area contributed by atoms with Gasteiger partial charge in [0.1, 0.15) is 22.8 Å². The highest BCUT2D eigenvalue weighted by molar-refractivity contribution is 6.31. The second-order valence-corrected chi connectivity index (χ2v) is 20.8. The predicted octanol–water partition coefficient (Wildman–Crippen LogP) is 12.6. The fourth-order valence-electron chi connectivity index (χ4n) is 8.03. The van der Waals surface area contributed by atoms with Crippen molar-refractivity contribution in [2.45, 2.75) is 119 Å². The van der Waals surface area contributed by atoms with E-state index >= 15 is 0 Å². The first kappa shape index (κ1) is 58.4. The number of aliphatic hydroxyl groups excluding tert-OH is 1. The maximum absolute atomic E-state index is 14.3. The van der Waals surface area contributed by atoms with Gasteiger partial charge in [-0.1, -0.05) is 71.7 Å². The highest BCUT2D eigenvalue weighted by atomic mass is 35.5. The molecule has 1 N–H and O–H groups in total. The van der Waals surface area contributed by atoms with Gasteiger partial charge in [0.2, 0.25) is 0 Å². The Labute approximate surface area is 417 Å². The van der Waals surface area contributed by atoms with Crippen molar-refractivity contribution in [1.29, 1.82) is 0 Å². The van der Waals surface area contributed by atoms with E-state index in [-0.39, 0.29) is 80.5 Å². The first-order valence-electron chi connectivity index (χ1n) is 23.2. The van der Waals surface area contributed by atoms with Crippen molar-refractivity contribution >= 4 is 47.1 Å². The van der Waals surface area contributed by atoms with Gasteiger partial charge in [-0.05, 0) is 165 Å². The Kier molecular flexibility index (Phi) is 22.3. The van der Waals surface area contributed by atoms with Crippen LogP contribution in [0.1, 0.15) is 106 Å². The zero-order valence-corrected chi connectivity index (χ0v) is 43.5. The Morgan fingerprint density at radius 3 is 1.28 bits per heavy atom. The average Bonchev–Trinajstić information content (AvgIpc) is 3.25. The molecule has 69 heavy (non-hydrogen) atoms. The van der Waals surface area contributed by atoms with Crippen molar-refractivity contribution in [2.24, 2.45) is 22.7 Å². The summed E-state index contributed by atoms with van der Waals surface area (Å²) in [5, 5.41) is 10.9. The van der Waals surface area contributed by atoms with E-state index in [0.29, 0.717) is 51.6 Å². The molecule has 378 valence electrons. The molecule has 0 unspecified atom stereocenters. The van der Waals surface area contributed by atoms with E-state index in [2.05, 4.69) is 0 Å². The van der Waals surface area contributed by atoms with Crippen LogP contribution in [0.15, 0.2) is 84.9 Å². The number of rotatable bonds is 21. The molecule has 0 saturated heterocycles. The molecule has 0 aliphatic heterocycles. The zero-order valence-electron chi connectivity index (χ0n) is 41.9. The number of carbonyl (C=O) groups is 4. The van der Waals surface area contributed by atoms with E-state index < -0.39 is 34.6 Å². The molecular formula is C55H70Cl2F2O10. The maximum Gasteiger partial charge on any atom is 0.314 e. The van der Waals surface area contributed by atoms with E-state index in [9.17, 15) is 33.1 Å². The Hall–Kier alpha value is -4.88. The lowest BCUT2D eigenvalue weighted by molar-refractivity contribution is -0.162. The van der Waals surface area contributed by atoms with Gasteiger partial charge in [0.15, 0.2) is 0 Å². The predicted molar refractivity (Wildman–Crippen MR) is 267 cm³/mol. The molecular weight excluding hydrogens is 929 g/mol. The zero-order chi connectivity index (χ0) is 51.7. The van der Waals surface area contributed by atoms with Crippen LogP contribution >= 0.6 is 23.2 Å². The van der Waals surface area contributed by atoms with Crippen LogP contribution in [0, 0.1) is 34.3 Å². The van der Waals surface area contributed by atoms with Crippen LogP contribution in [0.4, 0.5) is 8.78 Å². The fourth-order valence-corrected chi connectivity index (χ4v) is 8.38. The minimum Gasteiger partial charge on any atom is -0.466 e. The summed E-state index contributed by atoms with van der Waals surface area (Å²) in [6.07, 6.45) is 1.83. The molecule has 4 rings (SSSR count). The number of aliphatic hydroxyl groups is 1. The topological polar surface area (TPSA) is 135 Å². The maximum atomic E-state index is 14.3. The minimum absolute atomic E-state index is 0.0803. The van der Waals surface area contributed by atoms with Crippen molar-refractivity contribution in [3.63, 3.8) is 0 Å². The average molecular weight is 1000 g/mol. The van der Waals surface area contributed by atoms with Crippen molar-refractivity contribution in [3.05, 3.63) is 118 Å². The number of hydrogen-bond donors (Lipinski definition) is 1. The number of ether oxygens (including phenoxy) is 5. The third-order valence-corrected chi connectivity index (χ3v) is 11.5. The summed E-state index contributed by atoms with van der Waals surface area (Å²) < 4.78 is 55.3. The molecule has 0 heterocycles. The minimum atomic E-state index is -1.15. The van der Waals surface area contributed by atoms with Crippen LogP contribution in [0.5, 0.6) is 0 Å². The Balaban J connectivity index is 0.000000365. The first-order chi connectivity index (χ1) is 32.2. The summed E-state index contributed by atoms with van der Waals surface area (Å²) in [6.45, 7) is 18.0. The molecule has 0 fully saturated rings. The molecule has 0 aromatic heterocycles. The third-order valence-electron chi connectivity index (χ3n) is 11.0. The summed E-state index contributed by atoms with van der Waals surface area (Å²) in [7, 11) is 1.54. The van der Waals surface area contributed by atoms with Crippen molar-refractivity contribution in [3.8, 4) is 22.3 Å². The number of methoxy groups -OCH3 is 1. The lowest BCUT2D eigenvalue weighted by Crippen LogP contribution is -2.37. The number of hydrogen-bond acceptors (Lipinski definition) is 10. The third kappa shape index (κ3) is 19.4. The molecule has 0 amide bonds. The van der Waals surface area contributed by atoms with Gasteiger partial charge in [-0.25, -0.2) is 8.78 Å². The van der Waals surface area contributed by atoms with Crippen LogP contribution in [0.3, 0.4) is 0 Å². The molecule has 0 spiro atoms. The molecule has 4 atom stereocenters. The fraction of sp³-hybridized carbons (Fsp3) is 0.491. The molecule has 4 aromatic carbocycles. The largest absolute Gasteiger partial charge is 0.466 e. The van der Waals surface area contributed by atoms with Gasteiger partial charge >= 0.3 is 23.9 Å². The SMILES string of the molecule is CCOC(=O)[C@](C)(CO)C[C@H](CC(=O)OC(C)(C)C)Cc1ccc(-c2cc(Cl)ccc2F)cc1.CCOC(=O)[C@](C)(COC)C[C@H](CC(=O)OC(C)(C)C)Cc1ccc(-c2cc(Cl)ccc2F)cc1. The summed E-state index contributed by atoms with van der Waals surface area (Å²) in [4.78, 5) is 50.5. The summed E-state index contributed by atoms with van der Waals surface area (Å²) in [5.74, 6) is -2.78. The van der Waals surface area contributed by atoms with Gasteiger partial charge in [-0.15, -0.1) is 0 Å². The molecule has 4 aromatic rings. The summed E-state index contributed by atoms with van der Waals surface area (Å²) >= 11 is 12.1. The van der Waals surface area contributed by atoms with Crippen LogP contribution in [-0.2, 0) is 55.7 Å². The van der Waals surface area contributed by atoms with Gasteiger partial charge in [-0.2, -0.15) is 0 Å². The van der Waals surface area contributed by atoms with Crippen molar-refractivity contribution in [1.82, 2.24) is 0 Å². The van der Waals surface area contributed by atoms with Crippen LogP contribution in [0.2, 0.25) is 10.0 Å². The number of carbonyl (C=O) groups excluding carboxylic acids is 4. The van der Waals surface area contributed by atoms with Gasteiger partial charge in [0.25, 0.3) is 0 Å². The van der Waals surface area contributed by atoms with Gasteiger partial charge in [0.05, 0.1) is 37.3 Å². The van der Waals surface area contributed by atoms with E-state index in [0.717, 1.165) is 11.1 Å². The molecule has 0 bridgehead atoms. The lowest BCUT2D eigenvalue weighted by atomic mass is 9.78. The number of benzene rings is 4. The number of esters is 4. The molecule has 14 heteroatoms. The van der Waals surface area contributed by atoms with Gasteiger partial charge < -0.3 is 28.8 Å². The molecule has 0 saturated carbocycles. The molecule has 0 aliphatic carbocycles. The second kappa shape index (κ2) is 26.4. The second-order valence-electron chi connectivity index (χ2n) is 19.9. The van der Waals surface area contributed by atoms with E-state index in [1.807, 2.05) is 57.2 Å². The van der Waals surface area contributed by atoms with Crippen LogP contribution in [-0.4, -0.2) is 73.7 Å². The highest BCUT2D eigenvalue weighted by Gasteiger charge is 2.39. The Morgan fingerprint density at radius 1 is 0.580 bits per heavy atom. The quantitative estimate of drug-likeness (QED) is 0.0635. The first-order valence-corrected chi connectivity index (χ1v) is 24.0. The lowest BCUT2D eigenvalue weighted by Gasteiger charge is -2.31. The van der Waals surface area contributed by atoms with Crippen LogP contribution < -0.4 is 0 Å². The van der Waals surface area contributed by atoms with E-state index in [1.54, 1.807) is 72.7 Å². The summed E-state index contributed by atoms with van der Waals surface area (Å²) in [5.41, 5.74) is 0.759. The van der Waals surface area contributed by atoms with Crippen LogP contribution in [0.25, 0.3) is 22.3 Å². The van der Waals surface area contributed by atoms with Gasteiger partial charge in [-0.3, -0.25) is 19.2 Å².